The minimum atomic E-state index is -1.27. The van der Waals surface area contributed by atoms with E-state index in [1.54, 1.807) is 0 Å². The zero-order valence-electron chi connectivity index (χ0n) is 7.65. The number of nitrogens with zero attached hydrogens (tertiary/aromatic N) is 1. The van der Waals surface area contributed by atoms with Gasteiger partial charge in [0.15, 0.2) is 0 Å². The van der Waals surface area contributed by atoms with Crippen molar-refractivity contribution in [2.24, 2.45) is 0 Å². The van der Waals surface area contributed by atoms with Gasteiger partial charge < -0.3 is 0 Å². The van der Waals surface area contributed by atoms with Gasteiger partial charge in [-0.1, -0.05) is 33.9 Å². The maximum absolute atomic E-state index is 8.55. The van der Waals surface area contributed by atoms with E-state index in [1.807, 2.05) is 0 Å². The minimum absolute atomic E-state index is 0.364. The molecule has 0 aliphatic carbocycles. The van der Waals surface area contributed by atoms with Crippen molar-refractivity contribution >= 4 is 8.07 Å². The lowest BCUT2D eigenvalue weighted by molar-refractivity contribution is 0.720. The van der Waals surface area contributed by atoms with E-state index in [1.165, 1.54) is 0 Å². The standard InChI is InChI=1S/C8H17NSi/c1-8(2,3)10(4,5)7-6-9/h7H2,1-5H3. The molecule has 0 heterocycles. The fourth-order valence-corrected chi connectivity index (χ4v) is 1.39. The fourth-order valence-electron chi connectivity index (χ4n) is 0.463. The topological polar surface area (TPSA) is 23.8 Å². The Morgan fingerprint density at radius 2 is 1.70 bits per heavy atom. The van der Waals surface area contributed by atoms with Gasteiger partial charge in [-0.3, -0.25) is 0 Å². The third-order valence-corrected chi connectivity index (χ3v) is 7.65. The van der Waals surface area contributed by atoms with Crippen LogP contribution in [0.15, 0.2) is 0 Å². The van der Waals surface area contributed by atoms with Crippen LogP contribution in [0.2, 0.25) is 24.2 Å². The van der Waals surface area contributed by atoms with Crippen molar-refractivity contribution in [3.63, 3.8) is 0 Å². The van der Waals surface area contributed by atoms with Crippen molar-refractivity contribution in [1.29, 1.82) is 5.26 Å². The molecule has 0 aliphatic heterocycles. The Balaban J connectivity index is 4.28. The van der Waals surface area contributed by atoms with Gasteiger partial charge in [-0.05, 0) is 5.04 Å². The lowest BCUT2D eigenvalue weighted by Gasteiger charge is -2.34. The van der Waals surface area contributed by atoms with E-state index in [9.17, 15) is 0 Å². The van der Waals surface area contributed by atoms with E-state index >= 15 is 0 Å². The number of hydrogen-bond acceptors (Lipinski definition) is 1. The second kappa shape index (κ2) is 2.75. The third-order valence-electron chi connectivity index (χ3n) is 2.55. The second-order valence-corrected chi connectivity index (χ2v) is 10.1. The minimum Gasteiger partial charge on any atom is -0.199 e. The Morgan fingerprint density at radius 1 is 1.30 bits per heavy atom. The highest BCUT2D eigenvalue weighted by Crippen LogP contribution is 2.37. The molecule has 0 amide bonds. The highest BCUT2D eigenvalue weighted by atomic mass is 28.3. The van der Waals surface area contributed by atoms with Gasteiger partial charge in [0, 0.05) is 6.04 Å². The molecule has 0 saturated carbocycles. The zero-order valence-corrected chi connectivity index (χ0v) is 8.65. The molecule has 0 saturated heterocycles. The van der Waals surface area contributed by atoms with Gasteiger partial charge in [0.05, 0.1) is 14.1 Å². The average Bonchev–Trinajstić information content (AvgIpc) is 1.61. The van der Waals surface area contributed by atoms with Crippen LogP contribution in [0.1, 0.15) is 20.8 Å². The van der Waals surface area contributed by atoms with E-state index < -0.39 is 8.07 Å². The predicted octanol–water partition coefficient (Wildman–Crippen LogP) is 3.02. The maximum atomic E-state index is 8.55. The summed E-state index contributed by atoms with van der Waals surface area (Å²) in [7, 11) is -1.27. The Morgan fingerprint density at radius 3 is 1.80 bits per heavy atom. The van der Waals surface area contributed by atoms with Crippen LogP contribution < -0.4 is 0 Å². The van der Waals surface area contributed by atoms with E-state index in [4.69, 9.17) is 5.26 Å². The summed E-state index contributed by atoms with van der Waals surface area (Å²) in [6.07, 6.45) is 0. The molecule has 10 heavy (non-hydrogen) atoms. The molecule has 0 rings (SSSR count). The normalized spacial score (nSPS) is 12.8. The summed E-state index contributed by atoms with van der Waals surface area (Å²) in [5.74, 6) is 0. The molecule has 0 aromatic rings. The van der Waals surface area contributed by atoms with Crippen molar-refractivity contribution in [3.05, 3.63) is 0 Å². The lowest BCUT2D eigenvalue weighted by Crippen LogP contribution is -2.36. The van der Waals surface area contributed by atoms with Gasteiger partial charge in [-0.25, -0.2) is 0 Å². The molecule has 0 bridgehead atoms. The van der Waals surface area contributed by atoms with Crippen molar-refractivity contribution < 1.29 is 0 Å². The Hall–Kier alpha value is -0.293. The predicted molar refractivity (Wildman–Crippen MR) is 47.6 cm³/mol. The summed E-state index contributed by atoms with van der Waals surface area (Å²) in [4.78, 5) is 0. The van der Waals surface area contributed by atoms with Crippen LogP contribution in [0.5, 0.6) is 0 Å². The lowest BCUT2D eigenvalue weighted by atomic mass is 10.2. The molecule has 0 radical (unpaired) electrons. The Kier molecular flexibility index (Phi) is 2.67. The fraction of sp³-hybridized carbons (Fsp3) is 0.875. The smallest absolute Gasteiger partial charge is 0.0684 e. The Labute approximate surface area is 65.1 Å². The molecule has 0 spiro atoms. The van der Waals surface area contributed by atoms with Crippen LogP contribution >= 0.6 is 0 Å². The molecule has 0 fully saturated rings. The summed E-state index contributed by atoms with van der Waals surface area (Å²) >= 11 is 0. The van der Waals surface area contributed by atoms with Crippen LogP contribution in [-0.2, 0) is 0 Å². The summed E-state index contributed by atoms with van der Waals surface area (Å²) in [5, 5.41) is 8.91. The molecular formula is C8H17NSi. The van der Waals surface area contributed by atoms with E-state index in [0.717, 1.165) is 6.04 Å². The molecule has 1 nitrogen and oxygen atoms in total. The second-order valence-electron chi connectivity index (χ2n) is 4.47. The molecule has 2 heteroatoms. The maximum Gasteiger partial charge on any atom is 0.0684 e. The summed E-state index contributed by atoms with van der Waals surface area (Å²) in [6.45, 7) is 11.2. The number of hydrogen-bond donors (Lipinski definition) is 0. The summed E-state index contributed by atoms with van der Waals surface area (Å²) in [5.41, 5.74) is 0. The van der Waals surface area contributed by atoms with Crippen LogP contribution in [0, 0.1) is 11.3 Å². The summed E-state index contributed by atoms with van der Waals surface area (Å²) in [6, 6.07) is 3.05. The largest absolute Gasteiger partial charge is 0.199 e. The monoisotopic (exact) mass is 155 g/mol. The highest BCUT2D eigenvalue weighted by Gasteiger charge is 2.34. The first-order chi connectivity index (χ1) is 4.31. The van der Waals surface area contributed by atoms with Gasteiger partial charge in [-0.15, -0.1) is 0 Å². The zero-order chi connectivity index (χ0) is 8.41. The van der Waals surface area contributed by atoms with Crippen molar-refractivity contribution in [2.75, 3.05) is 0 Å². The van der Waals surface area contributed by atoms with Gasteiger partial charge in [0.2, 0.25) is 0 Å². The van der Waals surface area contributed by atoms with Gasteiger partial charge >= 0.3 is 0 Å². The molecular weight excluding hydrogens is 138 g/mol. The van der Waals surface area contributed by atoms with Gasteiger partial charge in [0.1, 0.15) is 0 Å². The first-order valence-corrected chi connectivity index (χ1v) is 6.89. The number of nitriles is 1. The quantitative estimate of drug-likeness (QED) is 0.534. The molecule has 58 valence electrons. The van der Waals surface area contributed by atoms with Crippen LogP contribution in [0.4, 0.5) is 0 Å². The van der Waals surface area contributed by atoms with Crippen LogP contribution in [0.25, 0.3) is 0 Å². The molecule has 0 aromatic heterocycles. The summed E-state index contributed by atoms with van der Waals surface area (Å²) < 4.78 is 0. The van der Waals surface area contributed by atoms with Crippen molar-refractivity contribution in [3.8, 4) is 6.07 Å². The van der Waals surface area contributed by atoms with Gasteiger partial charge in [0.25, 0.3) is 0 Å². The molecule has 0 atom stereocenters. The van der Waals surface area contributed by atoms with E-state index in [-0.39, 0.29) is 0 Å². The van der Waals surface area contributed by atoms with Crippen molar-refractivity contribution in [1.82, 2.24) is 0 Å². The van der Waals surface area contributed by atoms with Crippen LogP contribution in [-0.4, -0.2) is 8.07 Å². The third kappa shape index (κ3) is 2.15. The number of rotatable bonds is 1. The molecule has 0 unspecified atom stereocenters. The molecule has 0 N–H and O–H groups in total. The first-order valence-electron chi connectivity index (χ1n) is 3.68. The van der Waals surface area contributed by atoms with E-state index in [0.29, 0.717) is 5.04 Å². The molecule has 0 aliphatic rings. The van der Waals surface area contributed by atoms with E-state index in [2.05, 4.69) is 39.9 Å². The molecule has 0 aromatic carbocycles. The SMILES string of the molecule is CC(C)(C)[Si](C)(C)CC#N. The first kappa shape index (κ1) is 9.71. The highest BCUT2D eigenvalue weighted by molar-refractivity contribution is 6.80. The average molecular weight is 155 g/mol. The van der Waals surface area contributed by atoms with Gasteiger partial charge in [-0.2, -0.15) is 5.26 Å². The van der Waals surface area contributed by atoms with Crippen LogP contribution in [0.3, 0.4) is 0 Å². The Bertz CT molecular complexity index is 148. The van der Waals surface area contributed by atoms with Crippen molar-refractivity contribution in [2.45, 2.75) is 44.9 Å².